The zero-order valence-corrected chi connectivity index (χ0v) is 11.2. The molecule has 0 saturated carbocycles. The topological polar surface area (TPSA) is 52.3 Å². The van der Waals surface area contributed by atoms with E-state index in [9.17, 15) is 4.79 Å². The molecule has 0 bridgehead atoms. The van der Waals surface area contributed by atoms with Crippen LogP contribution in [0.25, 0.3) is 11.1 Å². The largest absolute Gasteiger partial charge is 0.461 e. The van der Waals surface area contributed by atoms with Crippen LogP contribution in [0.2, 0.25) is 0 Å². The number of nitrogens with two attached hydrogens (primary N) is 1. The van der Waals surface area contributed by atoms with E-state index in [1.807, 2.05) is 54.6 Å². The number of benzene rings is 2. The Balaban J connectivity index is 2.24. The van der Waals surface area contributed by atoms with Crippen LogP contribution in [-0.2, 0) is 9.53 Å². The normalized spacial score (nSPS) is 11.7. The van der Waals surface area contributed by atoms with Crippen LogP contribution in [0.4, 0.5) is 0 Å². The van der Waals surface area contributed by atoms with Crippen LogP contribution in [0.1, 0.15) is 11.6 Å². The summed E-state index contributed by atoms with van der Waals surface area (Å²) in [6, 6.07) is 17.5. The van der Waals surface area contributed by atoms with Crippen LogP contribution < -0.4 is 5.73 Å². The van der Waals surface area contributed by atoms with Crippen molar-refractivity contribution in [1.29, 1.82) is 0 Å². The first-order chi connectivity index (χ1) is 9.72. The average molecular weight is 267 g/mol. The summed E-state index contributed by atoms with van der Waals surface area (Å²) in [5.74, 6) is -0.461. The lowest BCUT2D eigenvalue weighted by Crippen LogP contribution is -2.19. The Morgan fingerprint density at radius 3 is 2.50 bits per heavy atom. The van der Waals surface area contributed by atoms with Gasteiger partial charge in [0.25, 0.3) is 0 Å². The summed E-state index contributed by atoms with van der Waals surface area (Å²) in [5, 5.41) is 0. The first kappa shape index (κ1) is 14.0. The molecule has 0 fully saturated rings. The second-order valence-corrected chi connectivity index (χ2v) is 4.39. The van der Waals surface area contributed by atoms with Crippen LogP contribution in [0.15, 0.2) is 67.3 Å². The second-order valence-electron chi connectivity index (χ2n) is 4.39. The van der Waals surface area contributed by atoms with E-state index in [0.717, 1.165) is 22.8 Å². The van der Waals surface area contributed by atoms with Crippen molar-refractivity contribution in [3.8, 4) is 11.1 Å². The number of carbonyl (C=O) groups is 1. The zero-order chi connectivity index (χ0) is 14.4. The Kier molecular flexibility index (Phi) is 4.69. The molecule has 0 aliphatic rings. The van der Waals surface area contributed by atoms with Crippen LogP contribution in [-0.4, -0.2) is 12.6 Å². The van der Waals surface area contributed by atoms with Gasteiger partial charge in [0.05, 0.1) is 6.04 Å². The fourth-order valence-corrected chi connectivity index (χ4v) is 2.02. The third kappa shape index (κ3) is 3.33. The smallest absolute Gasteiger partial charge is 0.330 e. The fourth-order valence-electron chi connectivity index (χ4n) is 2.02. The highest BCUT2D eigenvalue weighted by atomic mass is 16.5. The summed E-state index contributed by atoms with van der Waals surface area (Å²) in [6.45, 7) is 3.49. The molecule has 2 aromatic rings. The lowest BCUT2D eigenvalue weighted by molar-refractivity contribution is -0.138. The van der Waals surface area contributed by atoms with E-state index in [1.54, 1.807) is 0 Å². The molecule has 0 radical (unpaired) electrons. The maximum Gasteiger partial charge on any atom is 0.330 e. The van der Waals surface area contributed by atoms with Gasteiger partial charge in [0, 0.05) is 6.08 Å². The van der Waals surface area contributed by atoms with Crippen LogP contribution in [0.3, 0.4) is 0 Å². The van der Waals surface area contributed by atoms with E-state index >= 15 is 0 Å². The van der Waals surface area contributed by atoms with Gasteiger partial charge in [0.2, 0.25) is 0 Å². The van der Waals surface area contributed by atoms with Crippen molar-refractivity contribution in [3.63, 3.8) is 0 Å². The van der Waals surface area contributed by atoms with Crippen molar-refractivity contribution >= 4 is 5.97 Å². The molecule has 1 unspecified atom stereocenters. The molecule has 0 aliphatic carbocycles. The number of hydrogen-bond acceptors (Lipinski definition) is 3. The summed E-state index contributed by atoms with van der Waals surface area (Å²) in [4.78, 5) is 11.1. The van der Waals surface area contributed by atoms with Crippen molar-refractivity contribution in [3.05, 3.63) is 72.8 Å². The second kappa shape index (κ2) is 6.68. The molecular formula is C17H17NO2. The molecule has 0 spiro atoms. The van der Waals surface area contributed by atoms with Gasteiger partial charge in [-0.3, -0.25) is 0 Å². The molecule has 20 heavy (non-hydrogen) atoms. The number of hydrogen-bond donors (Lipinski definition) is 1. The van der Waals surface area contributed by atoms with Gasteiger partial charge in [-0.2, -0.15) is 0 Å². The van der Waals surface area contributed by atoms with E-state index in [-0.39, 0.29) is 12.6 Å². The van der Waals surface area contributed by atoms with E-state index in [0.29, 0.717) is 0 Å². The van der Waals surface area contributed by atoms with Gasteiger partial charge < -0.3 is 10.5 Å². The quantitative estimate of drug-likeness (QED) is 0.669. The maximum atomic E-state index is 11.1. The number of carbonyl (C=O) groups excluding carboxylic acids is 1. The minimum Gasteiger partial charge on any atom is -0.461 e. The van der Waals surface area contributed by atoms with E-state index < -0.39 is 5.97 Å². The Bertz CT molecular complexity index is 593. The van der Waals surface area contributed by atoms with E-state index in [1.165, 1.54) is 0 Å². The van der Waals surface area contributed by atoms with Gasteiger partial charge in [-0.1, -0.05) is 61.2 Å². The van der Waals surface area contributed by atoms with Gasteiger partial charge in [-0.05, 0) is 16.7 Å². The SMILES string of the molecule is C=CC(=O)OCC(N)c1ccccc1-c1ccccc1. The lowest BCUT2D eigenvalue weighted by Gasteiger charge is -2.16. The van der Waals surface area contributed by atoms with E-state index in [4.69, 9.17) is 10.5 Å². The first-order valence-electron chi connectivity index (χ1n) is 6.41. The van der Waals surface area contributed by atoms with Gasteiger partial charge in [0.1, 0.15) is 6.61 Å². The van der Waals surface area contributed by atoms with Crippen molar-refractivity contribution in [2.45, 2.75) is 6.04 Å². The molecule has 0 aliphatic heterocycles. The molecule has 0 aromatic heterocycles. The van der Waals surface area contributed by atoms with Crippen LogP contribution >= 0.6 is 0 Å². The number of rotatable bonds is 5. The molecule has 3 heteroatoms. The number of ether oxygens (including phenoxy) is 1. The van der Waals surface area contributed by atoms with Crippen molar-refractivity contribution in [2.75, 3.05) is 6.61 Å². The Morgan fingerprint density at radius 1 is 1.15 bits per heavy atom. The number of esters is 1. The molecular weight excluding hydrogens is 250 g/mol. The molecule has 3 nitrogen and oxygen atoms in total. The highest BCUT2D eigenvalue weighted by molar-refractivity contribution is 5.81. The summed E-state index contributed by atoms with van der Waals surface area (Å²) in [5.41, 5.74) is 9.22. The molecule has 2 N–H and O–H groups in total. The Labute approximate surface area is 118 Å². The highest BCUT2D eigenvalue weighted by Gasteiger charge is 2.13. The van der Waals surface area contributed by atoms with E-state index in [2.05, 4.69) is 6.58 Å². The van der Waals surface area contributed by atoms with Gasteiger partial charge in [-0.25, -0.2) is 4.79 Å². The molecule has 2 rings (SSSR count). The summed E-state index contributed by atoms with van der Waals surface area (Å²) >= 11 is 0. The molecule has 102 valence electrons. The molecule has 1 atom stereocenters. The summed E-state index contributed by atoms with van der Waals surface area (Å²) < 4.78 is 5.02. The Hall–Kier alpha value is -2.39. The average Bonchev–Trinajstić information content (AvgIpc) is 2.53. The van der Waals surface area contributed by atoms with Crippen molar-refractivity contribution in [1.82, 2.24) is 0 Å². The predicted molar refractivity (Wildman–Crippen MR) is 80.0 cm³/mol. The van der Waals surface area contributed by atoms with Crippen LogP contribution in [0, 0.1) is 0 Å². The molecule has 2 aromatic carbocycles. The molecule has 0 amide bonds. The molecule has 0 heterocycles. The fraction of sp³-hybridized carbons (Fsp3) is 0.118. The maximum absolute atomic E-state index is 11.1. The van der Waals surface area contributed by atoms with Crippen LogP contribution in [0.5, 0.6) is 0 Å². The summed E-state index contributed by atoms with van der Waals surface area (Å²) in [7, 11) is 0. The third-order valence-corrected chi connectivity index (χ3v) is 3.02. The Morgan fingerprint density at radius 2 is 1.80 bits per heavy atom. The van der Waals surface area contributed by atoms with Gasteiger partial charge >= 0.3 is 5.97 Å². The first-order valence-corrected chi connectivity index (χ1v) is 6.41. The van der Waals surface area contributed by atoms with Gasteiger partial charge in [-0.15, -0.1) is 0 Å². The zero-order valence-electron chi connectivity index (χ0n) is 11.2. The molecule has 0 saturated heterocycles. The van der Waals surface area contributed by atoms with Gasteiger partial charge in [0.15, 0.2) is 0 Å². The van der Waals surface area contributed by atoms with Crippen molar-refractivity contribution < 1.29 is 9.53 Å². The highest BCUT2D eigenvalue weighted by Crippen LogP contribution is 2.27. The predicted octanol–water partition coefficient (Wildman–Crippen LogP) is 3.08. The summed E-state index contributed by atoms with van der Waals surface area (Å²) in [6.07, 6.45) is 1.13. The lowest BCUT2D eigenvalue weighted by atomic mass is 9.95. The third-order valence-electron chi connectivity index (χ3n) is 3.02. The van der Waals surface area contributed by atoms with Crippen molar-refractivity contribution in [2.24, 2.45) is 5.73 Å². The monoisotopic (exact) mass is 267 g/mol. The minimum absolute atomic E-state index is 0.134. The standard InChI is InChI=1S/C17H17NO2/c1-2-17(19)20-12-16(18)15-11-7-6-10-14(15)13-8-4-3-5-9-13/h2-11,16H,1,12,18H2. The minimum atomic E-state index is -0.461.